The van der Waals surface area contributed by atoms with Crippen LogP contribution < -0.4 is 15.4 Å². The topological polar surface area (TPSA) is 108 Å². The van der Waals surface area contributed by atoms with E-state index in [-0.39, 0.29) is 11.2 Å². The molecule has 0 saturated heterocycles. The largest absolute Gasteiger partial charge is 0.494 e. The molecule has 2 N–H and O–H groups in total. The highest BCUT2D eigenvalue weighted by atomic mass is 32.2. The Morgan fingerprint density at radius 2 is 1.74 bits per heavy atom. The van der Waals surface area contributed by atoms with Crippen LogP contribution in [0.5, 0.6) is 5.75 Å². The fourth-order valence-corrected chi connectivity index (χ4v) is 4.31. The summed E-state index contributed by atoms with van der Waals surface area (Å²) in [5, 5.41) is 9.67. The van der Waals surface area contributed by atoms with E-state index >= 15 is 0 Å². The van der Waals surface area contributed by atoms with E-state index in [2.05, 4.69) is 41.8 Å². The molecule has 0 radical (unpaired) electrons. The van der Waals surface area contributed by atoms with Gasteiger partial charge in [-0.15, -0.1) is 10.2 Å². The van der Waals surface area contributed by atoms with E-state index in [1.807, 2.05) is 70.4 Å². The number of hydrogen-bond acceptors (Lipinski definition) is 9. The van der Waals surface area contributed by atoms with E-state index in [0.717, 1.165) is 28.0 Å². The third-order valence-electron chi connectivity index (χ3n) is 5.02. The minimum atomic E-state index is -0.126. The maximum atomic E-state index is 5.93. The summed E-state index contributed by atoms with van der Waals surface area (Å²) in [5.41, 5.74) is 8.05. The van der Waals surface area contributed by atoms with Crippen molar-refractivity contribution >= 4 is 23.7 Å². The molecule has 0 amide bonds. The van der Waals surface area contributed by atoms with Crippen LogP contribution in [0, 0.1) is 0 Å². The lowest BCUT2D eigenvalue weighted by Crippen LogP contribution is -2.16. The average Bonchev–Trinajstić information content (AvgIpc) is 3.21. The fourth-order valence-electron chi connectivity index (χ4n) is 3.38. The predicted octanol–water partition coefficient (Wildman–Crippen LogP) is 3.94. The second kappa shape index (κ2) is 10.5. The predicted molar refractivity (Wildman–Crippen MR) is 135 cm³/mol. The standard InChI is InChI=1S/C24H28N8OS/c1-5-33-19-13-11-18(12-14-19)32-20(15-17-9-7-6-8-10-17)29-30-24(32)34-16(2)21-26-22(25)28-23(27-21)31(3)4/h6-14,16H,5,15H2,1-4H3,(H2,25,26,27,28). The number of ether oxygens (including phenoxy) is 1. The number of anilines is 2. The highest BCUT2D eigenvalue weighted by Crippen LogP contribution is 2.35. The van der Waals surface area contributed by atoms with Crippen LogP contribution in [0.15, 0.2) is 59.8 Å². The SMILES string of the molecule is CCOc1ccc(-n2c(Cc3ccccc3)nnc2SC(C)c2nc(N)nc(N(C)C)n2)cc1. The Labute approximate surface area is 203 Å². The highest BCUT2D eigenvalue weighted by molar-refractivity contribution is 7.99. The van der Waals surface area contributed by atoms with Gasteiger partial charge in [0.2, 0.25) is 11.9 Å². The van der Waals surface area contributed by atoms with Gasteiger partial charge in [-0.1, -0.05) is 42.1 Å². The summed E-state index contributed by atoms with van der Waals surface area (Å²) in [4.78, 5) is 14.9. The van der Waals surface area contributed by atoms with Gasteiger partial charge in [-0.3, -0.25) is 4.57 Å². The molecule has 0 aliphatic heterocycles. The second-order valence-corrected chi connectivity index (χ2v) is 9.14. The van der Waals surface area contributed by atoms with Crippen LogP contribution >= 0.6 is 11.8 Å². The second-order valence-electron chi connectivity index (χ2n) is 7.83. The van der Waals surface area contributed by atoms with Gasteiger partial charge in [0, 0.05) is 26.2 Å². The van der Waals surface area contributed by atoms with Crippen LogP contribution in [-0.4, -0.2) is 50.4 Å². The Balaban J connectivity index is 1.69. The average molecular weight is 477 g/mol. The fraction of sp³-hybridized carbons (Fsp3) is 0.292. The van der Waals surface area contributed by atoms with Gasteiger partial charge in [0.05, 0.1) is 11.9 Å². The molecule has 2 aromatic carbocycles. The molecule has 1 unspecified atom stereocenters. The van der Waals surface area contributed by atoms with Gasteiger partial charge in [0.1, 0.15) is 17.4 Å². The Morgan fingerprint density at radius 3 is 2.41 bits per heavy atom. The molecule has 2 aromatic heterocycles. The third-order valence-corrected chi connectivity index (χ3v) is 6.05. The van der Waals surface area contributed by atoms with Crippen molar-refractivity contribution in [1.29, 1.82) is 0 Å². The summed E-state index contributed by atoms with van der Waals surface area (Å²) in [7, 11) is 3.74. The highest BCUT2D eigenvalue weighted by Gasteiger charge is 2.21. The Morgan fingerprint density at radius 1 is 1.00 bits per heavy atom. The first-order valence-electron chi connectivity index (χ1n) is 11.0. The first kappa shape index (κ1) is 23.5. The van der Waals surface area contributed by atoms with Crippen LogP contribution in [0.1, 0.15) is 36.3 Å². The van der Waals surface area contributed by atoms with Gasteiger partial charge in [-0.25, -0.2) is 0 Å². The van der Waals surface area contributed by atoms with Crippen molar-refractivity contribution in [2.75, 3.05) is 31.3 Å². The molecule has 4 aromatic rings. The normalized spacial score (nSPS) is 11.9. The third kappa shape index (κ3) is 5.45. The van der Waals surface area contributed by atoms with Gasteiger partial charge in [-0.2, -0.15) is 15.0 Å². The zero-order valence-electron chi connectivity index (χ0n) is 19.7. The summed E-state index contributed by atoms with van der Waals surface area (Å²) >= 11 is 1.52. The quantitative estimate of drug-likeness (QED) is 0.359. The van der Waals surface area contributed by atoms with E-state index < -0.39 is 0 Å². The molecule has 9 nitrogen and oxygen atoms in total. The number of nitrogens with two attached hydrogens (primary N) is 1. The molecule has 0 saturated carbocycles. The van der Waals surface area contributed by atoms with Crippen LogP contribution in [0.4, 0.5) is 11.9 Å². The zero-order valence-corrected chi connectivity index (χ0v) is 20.5. The first-order chi connectivity index (χ1) is 16.4. The number of aromatic nitrogens is 6. The number of nitrogens with zero attached hydrogens (tertiary/aromatic N) is 7. The molecule has 0 spiro atoms. The molecular formula is C24H28N8OS. The number of thioether (sulfide) groups is 1. The molecule has 4 rings (SSSR count). The molecule has 10 heteroatoms. The Hall–Kier alpha value is -3.66. The number of benzene rings is 2. The molecular weight excluding hydrogens is 448 g/mol. The van der Waals surface area contributed by atoms with E-state index in [0.29, 0.717) is 24.8 Å². The van der Waals surface area contributed by atoms with E-state index in [1.54, 1.807) is 4.90 Å². The van der Waals surface area contributed by atoms with Crippen LogP contribution in [0.25, 0.3) is 5.69 Å². The zero-order chi connectivity index (χ0) is 24.1. The molecule has 0 bridgehead atoms. The maximum absolute atomic E-state index is 5.93. The van der Waals surface area contributed by atoms with Gasteiger partial charge in [-0.05, 0) is 43.7 Å². The smallest absolute Gasteiger partial charge is 0.229 e. The van der Waals surface area contributed by atoms with Crippen molar-refractivity contribution in [3.63, 3.8) is 0 Å². The monoisotopic (exact) mass is 476 g/mol. The molecule has 0 fully saturated rings. The van der Waals surface area contributed by atoms with Crippen molar-refractivity contribution < 1.29 is 4.74 Å². The minimum absolute atomic E-state index is 0.126. The van der Waals surface area contributed by atoms with Crippen molar-refractivity contribution in [1.82, 2.24) is 29.7 Å². The van der Waals surface area contributed by atoms with Crippen LogP contribution in [-0.2, 0) is 6.42 Å². The van der Waals surface area contributed by atoms with Crippen molar-refractivity contribution in [3.05, 3.63) is 71.8 Å². The number of hydrogen-bond donors (Lipinski definition) is 1. The molecule has 0 aliphatic rings. The van der Waals surface area contributed by atoms with Gasteiger partial charge in [0.25, 0.3) is 0 Å². The summed E-state index contributed by atoms with van der Waals surface area (Å²) in [6.45, 7) is 4.61. The lowest BCUT2D eigenvalue weighted by atomic mass is 10.1. The maximum Gasteiger partial charge on any atom is 0.229 e. The van der Waals surface area contributed by atoms with Crippen molar-refractivity contribution in [2.45, 2.75) is 30.7 Å². The van der Waals surface area contributed by atoms with Gasteiger partial charge in [0.15, 0.2) is 5.16 Å². The molecule has 34 heavy (non-hydrogen) atoms. The Kier molecular flexibility index (Phi) is 7.27. The minimum Gasteiger partial charge on any atom is -0.494 e. The molecule has 0 aliphatic carbocycles. The van der Waals surface area contributed by atoms with Crippen LogP contribution in [0.2, 0.25) is 0 Å². The van der Waals surface area contributed by atoms with Gasteiger partial charge < -0.3 is 15.4 Å². The van der Waals surface area contributed by atoms with E-state index in [4.69, 9.17) is 10.5 Å². The molecule has 176 valence electrons. The summed E-state index contributed by atoms with van der Waals surface area (Å²) in [6.07, 6.45) is 0.652. The summed E-state index contributed by atoms with van der Waals surface area (Å²) in [5.74, 6) is 2.97. The van der Waals surface area contributed by atoms with Crippen molar-refractivity contribution in [2.24, 2.45) is 0 Å². The number of rotatable bonds is 9. The summed E-state index contributed by atoms with van der Waals surface area (Å²) < 4.78 is 7.69. The number of nitrogen functional groups attached to an aromatic ring is 1. The Bertz CT molecular complexity index is 1230. The van der Waals surface area contributed by atoms with Crippen LogP contribution in [0.3, 0.4) is 0 Å². The first-order valence-corrected chi connectivity index (χ1v) is 11.9. The van der Waals surface area contributed by atoms with Crippen molar-refractivity contribution in [3.8, 4) is 11.4 Å². The molecule has 1 atom stereocenters. The van der Waals surface area contributed by atoms with E-state index in [9.17, 15) is 0 Å². The molecule has 2 heterocycles. The lowest BCUT2D eigenvalue weighted by molar-refractivity contribution is 0.340. The van der Waals surface area contributed by atoms with E-state index in [1.165, 1.54) is 11.8 Å². The lowest BCUT2D eigenvalue weighted by Gasteiger charge is -2.16. The summed E-state index contributed by atoms with van der Waals surface area (Å²) in [6, 6.07) is 18.2. The van der Waals surface area contributed by atoms with Gasteiger partial charge >= 0.3 is 0 Å².